The van der Waals surface area contributed by atoms with Crippen molar-refractivity contribution < 1.29 is 14.7 Å². The molecule has 1 fully saturated rings. The molecule has 1 aliphatic rings. The van der Waals surface area contributed by atoms with Crippen LogP contribution in [0.5, 0.6) is 5.75 Å². The Labute approximate surface area is 212 Å². The molecule has 3 N–H and O–H groups in total. The molecular weight excluding hydrogens is 452 g/mol. The van der Waals surface area contributed by atoms with E-state index in [0.29, 0.717) is 28.4 Å². The van der Waals surface area contributed by atoms with Gasteiger partial charge in [0.2, 0.25) is 0 Å². The molecular formula is C29H36N4O3. The van der Waals surface area contributed by atoms with Crippen LogP contribution in [-0.2, 0) is 5.41 Å². The van der Waals surface area contributed by atoms with E-state index in [1.165, 1.54) is 10.7 Å². The fourth-order valence-corrected chi connectivity index (χ4v) is 4.21. The number of nitrogens with zero attached hydrogens (tertiary/aromatic N) is 2. The van der Waals surface area contributed by atoms with E-state index in [9.17, 15) is 14.7 Å². The lowest BCUT2D eigenvalue weighted by Gasteiger charge is -2.25. The van der Waals surface area contributed by atoms with Crippen molar-refractivity contribution in [3.8, 4) is 17.0 Å². The quantitative estimate of drug-likeness (QED) is 0.372. The first-order valence-electron chi connectivity index (χ1n) is 12.7. The van der Waals surface area contributed by atoms with Crippen molar-refractivity contribution in [2.45, 2.75) is 77.7 Å². The SMILES string of the molecule is CCC(C)NC(=O)n1nc(-c2ccc(NC(=O)c3ccc(C(C)(C)C)cc3)cc2O)cc1C1CCC1. The third-order valence-corrected chi connectivity index (χ3v) is 6.98. The second kappa shape index (κ2) is 10.2. The molecule has 1 aromatic heterocycles. The van der Waals surface area contributed by atoms with Crippen LogP contribution in [0.25, 0.3) is 11.3 Å². The van der Waals surface area contributed by atoms with E-state index in [1.807, 2.05) is 44.2 Å². The molecule has 7 heteroatoms. The molecule has 7 nitrogen and oxygen atoms in total. The molecule has 1 unspecified atom stereocenters. The summed E-state index contributed by atoms with van der Waals surface area (Å²) in [5, 5.41) is 21.2. The van der Waals surface area contributed by atoms with Gasteiger partial charge in [-0.25, -0.2) is 4.79 Å². The summed E-state index contributed by atoms with van der Waals surface area (Å²) >= 11 is 0. The molecule has 2 aromatic carbocycles. The van der Waals surface area contributed by atoms with Crippen LogP contribution in [0.2, 0.25) is 0 Å². The first kappa shape index (κ1) is 25.5. The van der Waals surface area contributed by atoms with Crippen LogP contribution >= 0.6 is 0 Å². The Balaban J connectivity index is 1.54. The molecule has 190 valence electrons. The summed E-state index contributed by atoms with van der Waals surface area (Å²) in [6.45, 7) is 10.4. The number of benzene rings is 2. The second-order valence-electron chi connectivity index (χ2n) is 10.8. The molecule has 1 atom stereocenters. The van der Waals surface area contributed by atoms with E-state index in [-0.39, 0.29) is 29.1 Å². The minimum absolute atomic E-state index is 0.0109. The summed E-state index contributed by atoms with van der Waals surface area (Å²) in [5.74, 6) is 0.0307. The number of hydrogen-bond donors (Lipinski definition) is 3. The minimum Gasteiger partial charge on any atom is -0.507 e. The summed E-state index contributed by atoms with van der Waals surface area (Å²) < 4.78 is 1.45. The van der Waals surface area contributed by atoms with Gasteiger partial charge in [-0.15, -0.1) is 0 Å². The number of carbonyl (C=O) groups is 2. The highest BCUT2D eigenvalue weighted by atomic mass is 16.3. The van der Waals surface area contributed by atoms with E-state index in [4.69, 9.17) is 0 Å². The van der Waals surface area contributed by atoms with E-state index in [1.54, 1.807) is 12.1 Å². The Hall–Kier alpha value is -3.61. The van der Waals surface area contributed by atoms with Crippen molar-refractivity contribution in [2.24, 2.45) is 0 Å². The van der Waals surface area contributed by atoms with Crippen molar-refractivity contribution in [3.63, 3.8) is 0 Å². The first-order chi connectivity index (χ1) is 17.1. The molecule has 0 spiro atoms. The van der Waals surface area contributed by atoms with Gasteiger partial charge in [0.05, 0.1) is 11.4 Å². The van der Waals surface area contributed by atoms with Gasteiger partial charge in [-0.2, -0.15) is 9.78 Å². The number of carbonyl (C=O) groups excluding carboxylic acids is 2. The number of phenolic OH excluding ortho intramolecular Hbond substituents is 1. The van der Waals surface area contributed by atoms with Gasteiger partial charge in [0.15, 0.2) is 0 Å². The number of phenols is 1. The zero-order valence-electron chi connectivity index (χ0n) is 21.8. The number of rotatable bonds is 6. The number of anilines is 1. The highest BCUT2D eigenvalue weighted by Gasteiger charge is 2.28. The second-order valence-corrected chi connectivity index (χ2v) is 10.8. The van der Waals surface area contributed by atoms with Crippen molar-refractivity contribution in [1.82, 2.24) is 15.1 Å². The van der Waals surface area contributed by atoms with Crippen LogP contribution in [0.4, 0.5) is 10.5 Å². The Morgan fingerprint density at radius 1 is 1.11 bits per heavy atom. The summed E-state index contributed by atoms with van der Waals surface area (Å²) in [6.07, 6.45) is 4.01. The molecule has 3 aromatic rings. The van der Waals surface area contributed by atoms with Gasteiger partial charge in [0, 0.05) is 34.8 Å². The molecule has 0 saturated heterocycles. The van der Waals surface area contributed by atoms with Gasteiger partial charge in [-0.1, -0.05) is 46.2 Å². The van der Waals surface area contributed by atoms with Gasteiger partial charge in [-0.3, -0.25) is 4.79 Å². The standard InChI is InChI=1S/C29H36N4O3/c1-6-18(2)30-28(36)33-25(19-8-7-9-19)17-24(32-33)23-15-14-22(16-26(23)34)31-27(35)20-10-12-21(13-11-20)29(3,4)5/h10-19,34H,6-9H2,1-5H3,(H,30,36)(H,31,35). The lowest BCUT2D eigenvalue weighted by Crippen LogP contribution is -2.37. The molecule has 2 amide bonds. The molecule has 0 bridgehead atoms. The molecule has 36 heavy (non-hydrogen) atoms. The fourth-order valence-electron chi connectivity index (χ4n) is 4.21. The Kier molecular flexibility index (Phi) is 7.20. The minimum atomic E-state index is -0.252. The van der Waals surface area contributed by atoms with Gasteiger partial charge in [-0.05, 0) is 67.5 Å². The van der Waals surface area contributed by atoms with Crippen LogP contribution in [0.1, 0.15) is 87.8 Å². The van der Waals surface area contributed by atoms with Crippen LogP contribution in [0.15, 0.2) is 48.5 Å². The van der Waals surface area contributed by atoms with E-state index in [2.05, 4.69) is 36.5 Å². The molecule has 0 aliphatic heterocycles. The van der Waals surface area contributed by atoms with Crippen molar-refractivity contribution in [2.75, 3.05) is 5.32 Å². The van der Waals surface area contributed by atoms with Crippen LogP contribution in [-0.4, -0.2) is 32.9 Å². The Bertz CT molecular complexity index is 1250. The average Bonchev–Trinajstić information content (AvgIpc) is 3.21. The van der Waals surface area contributed by atoms with E-state index >= 15 is 0 Å². The summed E-state index contributed by atoms with van der Waals surface area (Å²) in [5.41, 5.74) is 4.10. The van der Waals surface area contributed by atoms with Crippen molar-refractivity contribution in [1.29, 1.82) is 0 Å². The number of aromatic nitrogens is 2. The van der Waals surface area contributed by atoms with Crippen molar-refractivity contribution in [3.05, 3.63) is 65.4 Å². The fraction of sp³-hybridized carbons (Fsp3) is 0.414. The third-order valence-electron chi connectivity index (χ3n) is 6.98. The monoisotopic (exact) mass is 488 g/mol. The Morgan fingerprint density at radius 2 is 1.81 bits per heavy atom. The number of amides is 2. The topological polar surface area (TPSA) is 96.3 Å². The average molecular weight is 489 g/mol. The summed E-state index contributed by atoms with van der Waals surface area (Å²) in [7, 11) is 0. The third kappa shape index (κ3) is 5.45. The normalized spacial score (nSPS) is 14.7. The highest BCUT2D eigenvalue weighted by Crippen LogP contribution is 2.39. The first-order valence-corrected chi connectivity index (χ1v) is 12.7. The zero-order chi connectivity index (χ0) is 26.0. The van der Waals surface area contributed by atoms with Gasteiger partial charge < -0.3 is 15.7 Å². The highest BCUT2D eigenvalue weighted by molar-refractivity contribution is 6.04. The van der Waals surface area contributed by atoms with Crippen LogP contribution < -0.4 is 10.6 Å². The number of nitrogens with one attached hydrogen (secondary N) is 2. The smallest absolute Gasteiger partial charge is 0.342 e. The zero-order valence-corrected chi connectivity index (χ0v) is 21.8. The number of hydrogen-bond acceptors (Lipinski definition) is 4. The predicted molar refractivity (Wildman–Crippen MR) is 143 cm³/mol. The van der Waals surface area contributed by atoms with Crippen molar-refractivity contribution >= 4 is 17.6 Å². The van der Waals surface area contributed by atoms with Gasteiger partial charge >= 0.3 is 6.03 Å². The molecule has 0 radical (unpaired) electrons. The number of aromatic hydroxyl groups is 1. The van der Waals surface area contributed by atoms with Gasteiger partial charge in [0.1, 0.15) is 5.75 Å². The van der Waals surface area contributed by atoms with Crippen LogP contribution in [0, 0.1) is 0 Å². The maximum Gasteiger partial charge on any atom is 0.342 e. The summed E-state index contributed by atoms with van der Waals surface area (Å²) in [4.78, 5) is 25.6. The maximum atomic E-state index is 12.9. The molecule has 4 rings (SSSR count). The molecule has 1 heterocycles. The summed E-state index contributed by atoms with van der Waals surface area (Å²) in [6, 6.07) is 14.2. The van der Waals surface area contributed by atoms with Crippen LogP contribution in [0.3, 0.4) is 0 Å². The Morgan fingerprint density at radius 3 is 2.36 bits per heavy atom. The predicted octanol–water partition coefficient (Wildman–Crippen LogP) is 6.43. The van der Waals surface area contributed by atoms with E-state index in [0.717, 1.165) is 36.9 Å². The lowest BCUT2D eigenvalue weighted by atomic mass is 9.82. The van der Waals surface area contributed by atoms with Gasteiger partial charge in [0.25, 0.3) is 5.91 Å². The molecule has 1 saturated carbocycles. The largest absolute Gasteiger partial charge is 0.507 e. The van der Waals surface area contributed by atoms with E-state index < -0.39 is 0 Å². The lowest BCUT2D eigenvalue weighted by molar-refractivity contribution is 0.102. The maximum absolute atomic E-state index is 12.9. The molecule has 1 aliphatic carbocycles.